The van der Waals surface area contributed by atoms with Crippen LogP contribution in [-0.4, -0.2) is 117 Å². The minimum atomic E-state index is -0.540. The number of hydrogen-bond acceptors (Lipinski definition) is 9. The van der Waals surface area contributed by atoms with Gasteiger partial charge in [-0.2, -0.15) is 0 Å². The fraction of sp³-hybridized carbons (Fsp3) is 0.968. The number of rotatable bonds is 13. The van der Waals surface area contributed by atoms with Crippen molar-refractivity contribution in [2.24, 2.45) is 17.8 Å². The second kappa shape index (κ2) is 15.2. The van der Waals surface area contributed by atoms with E-state index in [9.17, 15) is 9.90 Å². The van der Waals surface area contributed by atoms with Gasteiger partial charge < -0.3 is 24.8 Å². The van der Waals surface area contributed by atoms with Gasteiger partial charge in [-0.25, -0.2) is 0 Å². The molecule has 41 heavy (non-hydrogen) atoms. The summed E-state index contributed by atoms with van der Waals surface area (Å²) in [5, 5.41) is 24.8. The molecule has 2 saturated carbocycles. The smallest absolute Gasteiger partial charge is 0.223 e. The topological polar surface area (TPSA) is 110 Å². The van der Waals surface area contributed by atoms with Crippen LogP contribution in [0.3, 0.4) is 0 Å². The third-order valence-electron chi connectivity index (χ3n) is 10.6. The van der Waals surface area contributed by atoms with Crippen molar-refractivity contribution >= 4 is 5.91 Å². The maximum atomic E-state index is 13.3. The number of nitrogens with one attached hydrogen (secondary N) is 4. The summed E-state index contributed by atoms with van der Waals surface area (Å²) in [5.41, 5.74) is 0. The van der Waals surface area contributed by atoms with Crippen LogP contribution in [0.4, 0.5) is 0 Å². The van der Waals surface area contributed by atoms with Gasteiger partial charge in [0.15, 0.2) is 0 Å². The number of ether oxygens (including phenoxy) is 2. The summed E-state index contributed by atoms with van der Waals surface area (Å²) in [7, 11) is 2.15. The predicted molar refractivity (Wildman–Crippen MR) is 160 cm³/mol. The summed E-state index contributed by atoms with van der Waals surface area (Å²) in [5.74, 6) is 1.44. The minimum Gasteiger partial charge on any atom is -0.390 e. The summed E-state index contributed by atoms with van der Waals surface area (Å²) < 4.78 is 12.0. The molecule has 5 N–H and O–H groups in total. The van der Waals surface area contributed by atoms with E-state index in [1.807, 2.05) is 0 Å². The number of piperidine rings is 2. The van der Waals surface area contributed by atoms with Gasteiger partial charge in [0.2, 0.25) is 5.91 Å². The Morgan fingerprint density at radius 3 is 2.76 bits per heavy atom. The van der Waals surface area contributed by atoms with E-state index in [1.54, 1.807) is 0 Å². The van der Waals surface area contributed by atoms with Gasteiger partial charge in [0.1, 0.15) is 0 Å². The summed E-state index contributed by atoms with van der Waals surface area (Å²) in [4.78, 5) is 18.0. The predicted octanol–water partition coefficient (Wildman–Crippen LogP) is 1.44. The standard InChI is InChI=1S/C31H58N6O4/c1-4-11-36(3)30-15-24(14-29(35-30)34-25-6-5-7-25)31(39)32-16-26(38)18-37-12-10-22-13-27(9-8-23(22)17-37)40-19-28-21(2)33-20-41-28/h21-30,33-35,38H,4-20H2,1-3H3,(H,32,39)/t21?,22?,23?,24?,26-,27?,28?,29?,30?/m0/s1. The zero-order valence-corrected chi connectivity index (χ0v) is 25.9. The van der Waals surface area contributed by atoms with Crippen LogP contribution in [0.5, 0.6) is 0 Å². The Hall–Kier alpha value is -0.850. The molecule has 0 radical (unpaired) electrons. The van der Waals surface area contributed by atoms with Crippen molar-refractivity contribution in [3.8, 4) is 0 Å². The van der Waals surface area contributed by atoms with E-state index in [-0.39, 0.29) is 30.3 Å². The highest BCUT2D eigenvalue weighted by molar-refractivity contribution is 5.78. The van der Waals surface area contributed by atoms with Gasteiger partial charge in [-0.15, -0.1) is 0 Å². The maximum Gasteiger partial charge on any atom is 0.223 e. The van der Waals surface area contributed by atoms with Crippen molar-refractivity contribution in [2.75, 3.05) is 53.1 Å². The number of amides is 1. The van der Waals surface area contributed by atoms with Gasteiger partial charge in [0.05, 0.1) is 44.0 Å². The summed E-state index contributed by atoms with van der Waals surface area (Å²) in [6.07, 6.45) is 11.4. The van der Waals surface area contributed by atoms with E-state index in [0.717, 1.165) is 51.7 Å². The molecule has 3 aliphatic heterocycles. The van der Waals surface area contributed by atoms with Crippen LogP contribution in [0, 0.1) is 17.8 Å². The molecular weight excluding hydrogens is 520 g/mol. The molecule has 2 aliphatic carbocycles. The van der Waals surface area contributed by atoms with Gasteiger partial charge in [-0.3, -0.25) is 25.6 Å². The van der Waals surface area contributed by atoms with Crippen molar-refractivity contribution in [1.29, 1.82) is 0 Å². The third kappa shape index (κ3) is 8.85. The molecule has 0 bridgehead atoms. The first-order valence-electron chi connectivity index (χ1n) is 16.7. The molecule has 8 unspecified atom stereocenters. The van der Waals surface area contributed by atoms with Gasteiger partial charge in [0, 0.05) is 37.6 Å². The molecule has 5 fully saturated rings. The zero-order chi connectivity index (χ0) is 28.8. The van der Waals surface area contributed by atoms with E-state index >= 15 is 0 Å². The Kier molecular flexibility index (Phi) is 11.7. The van der Waals surface area contributed by atoms with E-state index in [4.69, 9.17) is 9.47 Å². The van der Waals surface area contributed by atoms with Gasteiger partial charge >= 0.3 is 0 Å². The Balaban J connectivity index is 1.01. The number of likely N-dealkylation sites (tertiary alicyclic amines) is 1. The van der Waals surface area contributed by atoms with E-state index in [0.29, 0.717) is 56.5 Å². The molecule has 10 heteroatoms. The number of aliphatic hydroxyl groups is 1. The average Bonchev–Trinajstić information content (AvgIpc) is 3.36. The van der Waals surface area contributed by atoms with Gasteiger partial charge in [-0.05, 0) is 96.7 Å². The minimum absolute atomic E-state index is 0.0433. The number of nitrogens with zero attached hydrogens (tertiary/aromatic N) is 2. The Morgan fingerprint density at radius 2 is 2.02 bits per heavy atom. The van der Waals surface area contributed by atoms with Crippen LogP contribution in [0.2, 0.25) is 0 Å². The first-order chi connectivity index (χ1) is 19.9. The number of fused-ring (bicyclic) bond motifs is 1. The molecule has 10 nitrogen and oxygen atoms in total. The fourth-order valence-electron chi connectivity index (χ4n) is 7.70. The highest BCUT2D eigenvalue weighted by Crippen LogP contribution is 2.37. The lowest BCUT2D eigenvalue weighted by Gasteiger charge is -2.44. The van der Waals surface area contributed by atoms with Crippen LogP contribution in [-0.2, 0) is 14.3 Å². The molecular formula is C31H58N6O4. The van der Waals surface area contributed by atoms with E-state index in [2.05, 4.69) is 52.0 Å². The van der Waals surface area contributed by atoms with Crippen LogP contribution in [0.25, 0.3) is 0 Å². The molecule has 1 amide bonds. The third-order valence-corrected chi connectivity index (χ3v) is 10.6. The van der Waals surface area contributed by atoms with Crippen LogP contribution in [0.1, 0.15) is 78.1 Å². The molecule has 236 valence electrons. The zero-order valence-electron chi connectivity index (χ0n) is 25.9. The lowest BCUT2D eigenvalue weighted by atomic mass is 9.74. The molecule has 5 aliphatic rings. The normalized spacial score (nSPS) is 37.5. The molecule has 3 heterocycles. The van der Waals surface area contributed by atoms with Crippen molar-refractivity contribution in [1.82, 2.24) is 31.1 Å². The summed E-state index contributed by atoms with van der Waals surface area (Å²) in [6.45, 7) is 9.70. The van der Waals surface area contributed by atoms with Gasteiger partial charge in [-0.1, -0.05) is 13.3 Å². The molecule has 0 aromatic heterocycles. The fourth-order valence-corrected chi connectivity index (χ4v) is 7.70. The largest absolute Gasteiger partial charge is 0.390 e. The van der Waals surface area contributed by atoms with Crippen molar-refractivity contribution in [3.63, 3.8) is 0 Å². The highest BCUT2D eigenvalue weighted by Gasteiger charge is 2.38. The highest BCUT2D eigenvalue weighted by atomic mass is 16.5. The molecule has 0 aromatic carbocycles. The summed E-state index contributed by atoms with van der Waals surface area (Å²) >= 11 is 0. The number of carbonyl (C=O) groups is 1. The lowest BCUT2D eigenvalue weighted by Crippen LogP contribution is -2.62. The van der Waals surface area contributed by atoms with Crippen molar-refractivity contribution in [3.05, 3.63) is 0 Å². The first-order valence-corrected chi connectivity index (χ1v) is 16.7. The first kappa shape index (κ1) is 31.6. The molecule has 3 saturated heterocycles. The molecule has 5 rings (SSSR count). The molecule has 9 atom stereocenters. The number of β-amino-alcohol motifs (C(OH)–C–C–N with tert-alkyl or cyclic N) is 1. The van der Waals surface area contributed by atoms with Crippen LogP contribution < -0.4 is 21.3 Å². The van der Waals surface area contributed by atoms with Gasteiger partial charge in [0.25, 0.3) is 0 Å². The molecule has 0 aromatic rings. The average molecular weight is 579 g/mol. The lowest BCUT2D eigenvalue weighted by molar-refractivity contribution is -0.128. The maximum absolute atomic E-state index is 13.3. The Labute approximate surface area is 248 Å². The number of hydrogen-bond donors (Lipinski definition) is 5. The summed E-state index contributed by atoms with van der Waals surface area (Å²) in [6, 6.07) is 0.939. The van der Waals surface area contributed by atoms with Crippen molar-refractivity contribution in [2.45, 2.75) is 121 Å². The second-order valence-corrected chi connectivity index (χ2v) is 13.8. The molecule has 0 spiro atoms. The Bertz CT molecular complexity index is 817. The monoisotopic (exact) mass is 578 g/mol. The Morgan fingerprint density at radius 1 is 1.17 bits per heavy atom. The van der Waals surface area contributed by atoms with Crippen LogP contribution >= 0.6 is 0 Å². The number of carbonyl (C=O) groups excluding carboxylic acids is 1. The number of aliphatic hydroxyl groups excluding tert-OH is 1. The second-order valence-electron chi connectivity index (χ2n) is 13.8. The van der Waals surface area contributed by atoms with Crippen molar-refractivity contribution < 1.29 is 19.4 Å². The SMILES string of the molecule is CCCN(C)C1CC(C(=O)NC[C@H](O)CN2CCC3CC(OCC4OCNC4C)CCC3C2)CC(NC2CCC2)N1. The van der Waals surface area contributed by atoms with E-state index in [1.165, 1.54) is 32.1 Å². The van der Waals surface area contributed by atoms with Crippen LogP contribution in [0.15, 0.2) is 0 Å². The van der Waals surface area contributed by atoms with E-state index < -0.39 is 6.10 Å². The quantitative estimate of drug-likeness (QED) is 0.222.